The van der Waals surface area contributed by atoms with E-state index in [1.165, 1.54) is 44.9 Å². The molecule has 1 amide bonds. The summed E-state index contributed by atoms with van der Waals surface area (Å²) in [7, 11) is 0. The van der Waals surface area contributed by atoms with E-state index in [2.05, 4.69) is 5.48 Å². The zero-order chi connectivity index (χ0) is 16.0. The lowest BCUT2D eigenvalue weighted by Crippen LogP contribution is -2.26. The Morgan fingerprint density at radius 2 is 1.50 bits per heavy atom. The third kappa shape index (κ3) is 10.6. The maximum absolute atomic E-state index is 11.6. The molecular formula is C17H31NO4. The lowest BCUT2D eigenvalue weighted by molar-refractivity contribution is -0.137. The topological polar surface area (TPSA) is 75.6 Å². The second kappa shape index (κ2) is 12.4. The molecule has 22 heavy (non-hydrogen) atoms. The van der Waals surface area contributed by atoms with Crippen molar-refractivity contribution in [2.75, 3.05) is 6.61 Å². The van der Waals surface area contributed by atoms with Crippen molar-refractivity contribution < 1.29 is 19.5 Å². The maximum atomic E-state index is 11.6. The fourth-order valence-corrected chi connectivity index (χ4v) is 2.91. The van der Waals surface area contributed by atoms with Gasteiger partial charge in [-0.05, 0) is 31.6 Å². The molecule has 0 radical (unpaired) electrons. The number of nitrogens with one attached hydrogen (secondary N) is 1. The Balaban J connectivity index is 1.95. The quantitative estimate of drug-likeness (QED) is 0.475. The Kier molecular flexibility index (Phi) is 10.7. The van der Waals surface area contributed by atoms with Crippen molar-refractivity contribution in [3.05, 3.63) is 0 Å². The minimum atomic E-state index is -0.750. The largest absolute Gasteiger partial charge is 0.481 e. The number of unbranched alkanes of at least 4 members (excludes halogenated alkanes) is 3. The Hall–Kier alpha value is -1.10. The highest BCUT2D eigenvalue weighted by Gasteiger charge is 2.12. The first-order chi connectivity index (χ1) is 10.7. The van der Waals surface area contributed by atoms with Gasteiger partial charge in [0.2, 0.25) is 5.91 Å². The Bertz CT molecular complexity index is 312. The summed E-state index contributed by atoms with van der Waals surface area (Å²) >= 11 is 0. The van der Waals surface area contributed by atoms with Gasteiger partial charge in [-0.3, -0.25) is 14.4 Å². The number of carbonyl (C=O) groups is 2. The number of carboxylic acid groups (broad SMARTS) is 1. The summed E-state index contributed by atoms with van der Waals surface area (Å²) in [6.45, 7) is 0.629. The second-order valence-corrected chi connectivity index (χ2v) is 6.36. The third-order valence-corrected chi connectivity index (χ3v) is 4.27. The lowest BCUT2D eigenvalue weighted by atomic mass is 9.92. The molecule has 5 nitrogen and oxygen atoms in total. The molecule has 1 aliphatic carbocycles. The van der Waals surface area contributed by atoms with E-state index in [9.17, 15) is 9.59 Å². The first-order valence-electron chi connectivity index (χ1n) is 8.81. The van der Waals surface area contributed by atoms with E-state index in [1.54, 1.807) is 0 Å². The van der Waals surface area contributed by atoms with E-state index in [0.717, 1.165) is 19.3 Å². The maximum Gasteiger partial charge on any atom is 0.303 e. The Labute approximate surface area is 133 Å². The molecule has 1 fully saturated rings. The molecule has 1 aliphatic rings. The average molecular weight is 313 g/mol. The van der Waals surface area contributed by atoms with Crippen LogP contribution < -0.4 is 5.48 Å². The Morgan fingerprint density at radius 1 is 0.909 bits per heavy atom. The average Bonchev–Trinajstić information content (AvgIpc) is 2.44. The van der Waals surface area contributed by atoms with Gasteiger partial charge >= 0.3 is 5.97 Å². The molecule has 0 saturated heterocycles. The van der Waals surface area contributed by atoms with Crippen LogP contribution in [-0.4, -0.2) is 23.6 Å². The number of hydroxylamine groups is 1. The van der Waals surface area contributed by atoms with Crippen molar-refractivity contribution in [1.29, 1.82) is 0 Å². The van der Waals surface area contributed by atoms with Crippen LogP contribution in [0.25, 0.3) is 0 Å². The van der Waals surface area contributed by atoms with Crippen molar-refractivity contribution in [3.63, 3.8) is 0 Å². The number of hydrogen-bond acceptors (Lipinski definition) is 3. The highest BCUT2D eigenvalue weighted by Crippen LogP contribution is 2.22. The van der Waals surface area contributed by atoms with Crippen LogP contribution >= 0.6 is 0 Å². The number of amides is 1. The van der Waals surface area contributed by atoms with Crippen LogP contribution in [0.1, 0.15) is 83.5 Å². The van der Waals surface area contributed by atoms with Crippen molar-refractivity contribution in [3.8, 4) is 0 Å². The predicted octanol–water partition coefficient (Wildman–Crippen LogP) is 3.82. The first kappa shape index (κ1) is 18.9. The molecule has 0 aromatic heterocycles. The van der Waals surface area contributed by atoms with E-state index >= 15 is 0 Å². The molecule has 0 aromatic carbocycles. The molecular weight excluding hydrogens is 282 g/mol. The molecule has 0 heterocycles. The number of aliphatic carboxylic acids is 1. The second-order valence-electron chi connectivity index (χ2n) is 6.36. The molecule has 0 bridgehead atoms. The van der Waals surface area contributed by atoms with Crippen molar-refractivity contribution in [2.24, 2.45) is 5.92 Å². The molecule has 1 saturated carbocycles. The molecule has 1 rings (SSSR count). The number of hydrogen-bond donors (Lipinski definition) is 2. The van der Waals surface area contributed by atoms with E-state index < -0.39 is 5.97 Å². The van der Waals surface area contributed by atoms with Crippen LogP contribution in [0.3, 0.4) is 0 Å². The van der Waals surface area contributed by atoms with E-state index in [-0.39, 0.29) is 12.3 Å². The van der Waals surface area contributed by atoms with Crippen LogP contribution in [-0.2, 0) is 14.4 Å². The minimum absolute atomic E-state index is 0.0657. The minimum Gasteiger partial charge on any atom is -0.481 e. The summed E-state index contributed by atoms with van der Waals surface area (Å²) < 4.78 is 0. The molecule has 0 aliphatic heterocycles. The molecule has 0 aromatic rings. The SMILES string of the molecule is O=C(O)CCCCCCC(=O)NOCC1CCCCCCC1. The van der Waals surface area contributed by atoms with E-state index in [0.29, 0.717) is 25.4 Å². The summed E-state index contributed by atoms with van der Waals surface area (Å²) in [5.74, 6) is -0.235. The van der Waals surface area contributed by atoms with Gasteiger partial charge in [0.15, 0.2) is 0 Å². The van der Waals surface area contributed by atoms with Gasteiger partial charge in [-0.2, -0.15) is 0 Å². The number of carbonyl (C=O) groups excluding carboxylic acids is 1. The van der Waals surface area contributed by atoms with E-state index in [1.807, 2.05) is 0 Å². The molecule has 128 valence electrons. The summed E-state index contributed by atoms with van der Waals surface area (Å²) in [6.07, 6.45) is 12.9. The summed E-state index contributed by atoms with van der Waals surface area (Å²) in [6, 6.07) is 0. The van der Waals surface area contributed by atoms with Gasteiger partial charge in [0.1, 0.15) is 0 Å². The van der Waals surface area contributed by atoms with Gasteiger partial charge in [0, 0.05) is 12.8 Å². The van der Waals surface area contributed by atoms with Gasteiger partial charge in [0.05, 0.1) is 6.61 Å². The summed E-state index contributed by atoms with van der Waals surface area (Å²) in [4.78, 5) is 27.3. The summed E-state index contributed by atoms with van der Waals surface area (Å²) in [5.41, 5.74) is 2.54. The number of rotatable bonds is 10. The third-order valence-electron chi connectivity index (χ3n) is 4.27. The van der Waals surface area contributed by atoms with Crippen molar-refractivity contribution in [2.45, 2.75) is 83.5 Å². The van der Waals surface area contributed by atoms with Gasteiger partial charge < -0.3 is 5.11 Å². The van der Waals surface area contributed by atoms with Crippen LogP contribution in [0, 0.1) is 5.92 Å². The lowest BCUT2D eigenvalue weighted by Gasteiger charge is -2.19. The van der Waals surface area contributed by atoms with E-state index in [4.69, 9.17) is 9.94 Å². The fraction of sp³-hybridized carbons (Fsp3) is 0.882. The normalized spacial score (nSPS) is 16.7. The summed E-state index contributed by atoms with van der Waals surface area (Å²) in [5, 5.41) is 8.52. The van der Waals surface area contributed by atoms with Crippen molar-refractivity contribution >= 4 is 11.9 Å². The smallest absolute Gasteiger partial charge is 0.303 e. The highest BCUT2D eigenvalue weighted by molar-refractivity contribution is 5.74. The fourth-order valence-electron chi connectivity index (χ4n) is 2.91. The van der Waals surface area contributed by atoms with Crippen LogP contribution in [0.15, 0.2) is 0 Å². The van der Waals surface area contributed by atoms with Crippen LogP contribution in [0.2, 0.25) is 0 Å². The molecule has 0 unspecified atom stereocenters. The Morgan fingerprint density at radius 3 is 2.14 bits per heavy atom. The van der Waals surface area contributed by atoms with Crippen LogP contribution in [0.4, 0.5) is 0 Å². The van der Waals surface area contributed by atoms with Gasteiger partial charge in [-0.1, -0.05) is 44.9 Å². The molecule has 0 spiro atoms. The first-order valence-corrected chi connectivity index (χ1v) is 8.81. The van der Waals surface area contributed by atoms with Gasteiger partial charge in [-0.25, -0.2) is 5.48 Å². The zero-order valence-electron chi connectivity index (χ0n) is 13.6. The standard InChI is InChI=1S/C17H31NO4/c19-16(12-8-4-5-9-13-17(20)21)18-22-14-15-10-6-2-1-3-7-11-15/h15H,1-14H2,(H,18,19)(H,20,21). The van der Waals surface area contributed by atoms with Gasteiger partial charge in [-0.15, -0.1) is 0 Å². The highest BCUT2D eigenvalue weighted by atomic mass is 16.6. The zero-order valence-corrected chi connectivity index (χ0v) is 13.6. The number of carboxylic acids is 1. The van der Waals surface area contributed by atoms with Gasteiger partial charge in [0.25, 0.3) is 0 Å². The van der Waals surface area contributed by atoms with Crippen molar-refractivity contribution in [1.82, 2.24) is 5.48 Å². The van der Waals surface area contributed by atoms with Crippen LogP contribution in [0.5, 0.6) is 0 Å². The predicted molar refractivity (Wildman–Crippen MR) is 85.2 cm³/mol. The molecule has 5 heteroatoms. The molecule has 2 N–H and O–H groups in total. The molecule has 0 atom stereocenters. The monoisotopic (exact) mass is 313 g/mol.